The Morgan fingerprint density at radius 2 is 2.09 bits per heavy atom. The fourth-order valence-corrected chi connectivity index (χ4v) is 2.57. The quantitative estimate of drug-likeness (QED) is 0.564. The van der Waals surface area contributed by atoms with E-state index < -0.39 is 0 Å². The van der Waals surface area contributed by atoms with Gasteiger partial charge >= 0.3 is 0 Å². The van der Waals surface area contributed by atoms with Gasteiger partial charge < -0.3 is 4.74 Å². The van der Waals surface area contributed by atoms with Crippen molar-refractivity contribution in [3.05, 3.63) is 0 Å². The van der Waals surface area contributed by atoms with Crippen molar-refractivity contribution in [3.8, 4) is 0 Å². The Hall–Kier alpha value is -0.0400. The number of fused-ring (bicyclic) bond motifs is 2. The molecule has 0 aromatic heterocycles. The molecule has 0 N–H and O–H groups in total. The summed E-state index contributed by atoms with van der Waals surface area (Å²) >= 11 is 0. The third-order valence-corrected chi connectivity index (χ3v) is 3.83. The molecule has 2 heterocycles. The van der Waals surface area contributed by atoms with Crippen LogP contribution >= 0.6 is 0 Å². The zero-order valence-electron chi connectivity index (χ0n) is 7.76. The summed E-state index contributed by atoms with van der Waals surface area (Å²) in [5.74, 6) is 0.776. The van der Waals surface area contributed by atoms with Crippen molar-refractivity contribution in [2.75, 3.05) is 0 Å². The van der Waals surface area contributed by atoms with Crippen LogP contribution in [-0.2, 0) is 4.74 Å². The Kier molecular flexibility index (Phi) is 1.54. The van der Waals surface area contributed by atoms with Gasteiger partial charge in [-0.3, -0.25) is 0 Å². The van der Waals surface area contributed by atoms with Crippen molar-refractivity contribution in [2.24, 2.45) is 11.3 Å². The maximum atomic E-state index is 5.85. The van der Waals surface area contributed by atoms with E-state index in [0.29, 0.717) is 17.6 Å². The van der Waals surface area contributed by atoms with Gasteiger partial charge in [0.05, 0.1) is 12.2 Å². The Balaban J connectivity index is 2.16. The molecule has 0 spiro atoms. The summed E-state index contributed by atoms with van der Waals surface area (Å²) < 4.78 is 5.85. The minimum Gasteiger partial charge on any atom is -0.374 e. The summed E-state index contributed by atoms with van der Waals surface area (Å²) in [5.41, 5.74) is 0.489. The molecule has 3 unspecified atom stereocenters. The zero-order valence-corrected chi connectivity index (χ0v) is 7.76. The van der Waals surface area contributed by atoms with Gasteiger partial charge in [0.2, 0.25) is 0 Å². The highest BCUT2D eigenvalue weighted by atomic mass is 16.5. The maximum Gasteiger partial charge on any atom is 0.0636 e. The topological polar surface area (TPSA) is 9.23 Å². The molecule has 2 fully saturated rings. The Morgan fingerprint density at radius 3 is 2.36 bits per heavy atom. The molecule has 1 nitrogen and oxygen atoms in total. The molecule has 2 rings (SSSR count). The van der Waals surface area contributed by atoms with Gasteiger partial charge in [-0.1, -0.05) is 20.8 Å². The molecule has 0 radical (unpaired) electrons. The third kappa shape index (κ3) is 0.936. The van der Waals surface area contributed by atoms with E-state index in [4.69, 9.17) is 4.74 Å². The largest absolute Gasteiger partial charge is 0.374 e. The van der Waals surface area contributed by atoms with Crippen LogP contribution in [0.25, 0.3) is 0 Å². The lowest BCUT2D eigenvalue weighted by Gasteiger charge is -2.35. The fourth-order valence-electron chi connectivity index (χ4n) is 2.57. The van der Waals surface area contributed by atoms with Crippen LogP contribution in [-0.4, -0.2) is 12.2 Å². The van der Waals surface area contributed by atoms with Gasteiger partial charge in [-0.15, -0.1) is 0 Å². The molecule has 2 aliphatic heterocycles. The molecule has 0 aromatic carbocycles. The normalized spacial score (nSPS) is 49.1. The van der Waals surface area contributed by atoms with E-state index in [1.165, 1.54) is 19.3 Å². The Labute approximate surface area is 69.1 Å². The van der Waals surface area contributed by atoms with Crippen LogP contribution in [0.5, 0.6) is 0 Å². The van der Waals surface area contributed by atoms with Gasteiger partial charge in [0.25, 0.3) is 0 Å². The second-order valence-electron chi connectivity index (χ2n) is 4.69. The highest BCUT2D eigenvalue weighted by molar-refractivity contribution is 4.99. The van der Waals surface area contributed by atoms with Crippen LogP contribution in [0.2, 0.25) is 0 Å². The number of ether oxygens (including phenoxy) is 1. The van der Waals surface area contributed by atoms with Crippen molar-refractivity contribution < 1.29 is 4.74 Å². The van der Waals surface area contributed by atoms with Gasteiger partial charge in [0.15, 0.2) is 0 Å². The maximum absolute atomic E-state index is 5.85. The van der Waals surface area contributed by atoms with E-state index in [2.05, 4.69) is 20.8 Å². The minimum absolute atomic E-state index is 0.489. The van der Waals surface area contributed by atoms with Gasteiger partial charge in [-0.2, -0.15) is 0 Å². The molecule has 0 aromatic rings. The van der Waals surface area contributed by atoms with Crippen molar-refractivity contribution in [1.82, 2.24) is 0 Å². The first kappa shape index (κ1) is 7.60. The molecule has 0 saturated carbocycles. The van der Waals surface area contributed by atoms with E-state index in [1.54, 1.807) is 0 Å². The fraction of sp³-hybridized carbons (Fsp3) is 1.00. The number of rotatable bonds is 1. The summed E-state index contributed by atoms with van der Waals surface area (Å²) in [6, 6.07) is 0. The van der Waals surface area contributed by atoms with Crippen LogP contribution < -0.4 is 0 Å². The predicted octanol–water partition coefficient (Wildman–Crippen LogP) is 2.60. The standard InChI is InChI=1S/C10H18O/c1-7(2)10(3)6-8-4-5-9(10)11-8/h7-9H,4-6H2,1-3H3. The molecule has 64 valence electrons. The van der Waals surface area contributed by atoms with Gasteiger partial charge in [0, 0.05) is 0 Å². The Morgan fingerprint density at radius 1 is 1.36 bits per heavy atom. The van der Waals surface area contributed by atoms with E-state index in [-0.39, 0.29) is 0 Å². The SMILES string of the molecule is CC(C)C1(C)CC2CCC1O2. The van der Waals surface area contributed by atoms with E-state index >= 15 is 0 Å². The first-order valence-corrected chi connectivity index (χ1v) is 4.78. The molecule has 0 aliphatic carbocycles. The third-order valence-electron chi connectivity index (χ3n) is 3.83. The molecular formula is C10H18O. The lowest BCUT2D eigenvalue weighted by Crippen LogP contribution is -2.34. The lowest BCUT2D eigenvalue weighted by molar-refractivity contribution is 0.0471. The van der Waals surface area contributed by atoms with Crippen molar-refractivity contribution in [2.45, 2.75) is 52.2 Å². The van der Waals surface area contributed by atoms with Gasteiger partial charge in [-0.05, 0) is 30.6 Å². The minimum atomic E-state index is 0.489. The lowest BCUT2D eigenvalue weighted by atomic mass is 9.68. The highest BCUT2D eigenvalue weighted by Gasteiger charge is 2.50. The first-order chi connectivity index (χ1) is 5.13. The predicted molar refractivity (Wildman–Crippen MR) is 45.5 cm³/mol. The molecule has 2 bridgehead atoms. The van der Waals surface area contributed by atoms with Crippen molar-refractivity contribution >= 4 is 0 Å². The summed E-state index contributed by atoms with van der Waals surface area (Å²) in [5, 5.41) is 0. The first-order valence-electron chi connectivity index (χ1n) is 4.78. The summed E-state index contributed by atoms with van der Waals surface area (Å²) in [6.45, 7) is 7.04. The average Bonchev–Trinajstić information content (AvgIpc) is 2.45. The average molecular weight is 154 g/mol. The van der Waals surface area contributed by atoms with Crippen LogP contribution in [0.3, 0.4) is 0 Å². The molecule has 3 atom stereocenters. The molecule has 11 heavy (non-hydrogen) atoms. The summed E-state index contributed by atoms with van der Waals surface area (Å²) in [6.07, 6.45) is 5.10. The van der Waals surface area contributed by atoms with Gasteiger partial charge in [0.1, 0.15) is 0 Å². The molecule has 0 amide bonds. The van der Waals surface area contributed by atoms with Crippen LogP contribution in [0.1, 0.15) is 40.0 Å². The van der Waals surface area contributed by atoms with Crippen molar-refractivity contribution in [1.29, 1.82) is 0 Å². The number of hydrogen-bond acceptors (Lipinski definition) is 1. The second kappa shape index (κ2) is 2.22. The molecule has 1 heteroatoms. The van der Waals surface area contributed by atoms with E-state index in [1.807, 2.05) is 0 Å². The second-order valence-corrected chi connectivity index (χ2v) is 4.69. The van der Waals surface area contributed by atoms with Gasteiger partial charge in [-0.25, -0.2) is 0 Å². The van der Waals surface area contributed by atoms with Crippen LogP contribution in [0, 0.1) is 11.3 Å². The van der Waals surface area contributed by atoms with Crippen LogP contribution in [0.15, 0.2) is 0 Å². The van der Waals surface area contributed by atoms with Crippen molar-refractivity contribution in [3.63, 3.8) is 0 Å². The highest BCUT2D eigenvalue weighted by Crippen LogP contribution is 2.51. The molecule has 2 saturated heterocycles. The smallest absolute Gasteiger partial charge is 0.0636 e. The zero-order chi connectivity index (χ0) is 8.06. The monoisotopic (exact) mass is 154 g/mol. The van der Waals surface area contributed by atoms with Crippen LogP contribution in [0.4, 0.5) is 0 Å². The summed E-state index contributed by atoms with van der Waals surface area (Å²) in [7, 11) is 0. The number of hydrogen-bond donors (Lipinski definition) is 0. The van der Waals surface area contributed by atoms with E-state index in [9.17, 15) is 0 Å². The summed E-state index contributed by atoms with van der Waals surface area (Å²) in [4.78, 5) is 0. The van der Waals surface area contributed by atoms with E-state index in [0.717, 1.165) is 5.92 Å². The molecular weight excluding hydrogens is 136 g/mol. The Bertz CT molecular complexity index is 164. The molecule has 2 aliphatic rings.